The highest BCUT2D eigenvalue weighted by Gasteiger charge is 2.36. The molecule has 0 unspecified atom stereocenters. The predicted octanol–water partition coefficient (Wildman–Crippen LogP) is 2.40. The number of carbonyl (C=O) groups excluding carboxylic acids is 4. The maximum atomic E-state index is 12.5. The van der Waals surface area contributed by atoms with Crippen molar-refractivity contribution in [1.82, 2.24) is 10.2 Å². The van der Waals surface area contributed by atoms with Gasteiger partial charge in [0.1, 0.15) is 0 Å². The molecule has 150 valence electrons. The Hall–Kier alpha value is -2.70. The molecule has 0 spiro atoms. The van der Waals surface area contributed by atoms with Gasteiger partial charge in [-0.15, -0.1) is 0 Å². The number of hydrogen-bond donors (Lipinski definition) is 1. The van der Waals surface area contributed by atoms with E-state index in [0.717, 1.165) is 19.3 Å². The van der Waals surface area contributed by atoms with Crippen molar-refractivity contribution in [1.29, 1.82) is 0 Å². The van der Waals surface area contributed by atoms with Crippen LogP contribution in [-0.4, -0.2) is 47.8 Å². The van der Waals surface area contributed by atoms with Gasteiger partial charge in [-0.05, 0) is 56.2 Å². The van der Waals surface area contributed by atoms with Crippen LogP contribution in [0.1, 0.15) is 71.1 Å². The zero-order valence-corrected chi connectivity index (χ0v) is 16.5. The number of benzene rings is 1. The van der Waals surface area contributed by atoms with Crippen LogP contribution >= 0.6 is 0 Å². The van der Waals surface area contributed by atoms with Crippen molar-refractivity contribution in [2.75, 3.05) is 13.2 Å². The molecule has 0 bridgehead atoms. The maximum absolute atomic E-state index is 12.5. The number of esters is 1. The smallest absolute Gasteiger partial charge is 0.338 e. The molecule has 0 saturated heterocycles. The van der Waals surface area contributed by atoms with Crippen molar-refractivity contribution in [3.63, 3.8) is 0 Å². The van der Waals surface area contributed by atoms with E-state index in [9.17, 15) is 19.2 Å². The lowest BCUT2D eigenvalue weighted by Gasteiger charge is -2.14. The van der Waals surface area contributed by atoms with Crippen molar-refractivity contribution in [2.45, 2.75) is 46.1 Å². The number of imide groups is 1. The molecule has 3 rings (SSSR count). The van der Waals surface area contributed by atoms with Gasteiger partial charge in [-0.1, -0.05) is 13.8 Å². The van der Waals surface area contributed by atoms with Crippen molar-refractivity contribution >= 4 is 23.7 Å². The molecule has 1 aliphatic heterocycles. The minimum atomic E-state index is -0.696. The number of nitrogens with one attached hydrogen (secondary N) is 1. The summed E-state index contributed by atoms with van der Waals surface area (Å²) in [6.07, 6.45) is 2.93. The van der Waals surface area contributed by atoms with Crippen molar-refractivity contribution in [3.05, 3.63) is 34.9 Å². The maximum Gasteiger partial charge on any atom is 0.338 e. The van der Waals surface area contributed by atoms with E-state index >= 15 is 0 Å². The monoisotopic (exact) mass is 386 g/mol. The van der Waals surface area contributed by atoms with Crippen molar-refractivity contribution in [2.24, 2.45) is 11.8 Å². The lowest BCUT2D eigenvalue weighted by atomic mass is 10.1. The van der Waals surface area contributed by atoms with Gasteiger partial charge in [0.15, 0.2) is 6.61 Å². The lowest BCUT2D eigenvalue weighted by Crippen LogP contribution is -2.37. The summed E-state index contributed by atoms with van der Waals surface area (Å²) in [5.74, 6) is -0.902. The summed E-state index contributed by atoms with van der Waals surface area (Å²) >= 11 is 0. The normalized spacial score (nSPS) is 16.9. The Bertz CT molecular complexity index is 813. The van der Waals surface area contributed by atoms with E-state index in [1.807, 2.05) is 20.8 Å². The zero-order chi connectivity index (χ0) is 20.4. The first-order chi connectivity index (χ1) is 13.3. The van der Waals surface area contributed by atoms with Crippen molar-refractivity contribution < 1.29 is 23.9 Å². The van der Waals surface area contributed by atoms with Gasteiger partial charge in [0.2, 0.25) is 0 Å². The fourth-order valence-corrected chi connectivity index (χ4v) is 3.23. The highest BCUT2D eigenvalue weighted by atomic mass is 16.5. The number of fused-ring (bicyclic) bond motifs is 1. The first-order valence-corrected chi connectivity index (χ1v) is 9.74. The third kappa shape index (κ3) is 4.40. The molecular weight excluding hydrogens is 360 g/mol. The molecule has 1 atom stereocenters. The third-order valence-electron chi connectivity index (χ3n) is 5.19. The van der Waals surface area contributed by atoms with E-state index in [1.54, 1.807) is 0 Å². The highest BCUT2D eigenvalue weighted by molar-refractivity contribution is 6.21. The molecule has 1 saturated carbocycles. The van der Waals surface area contributed by atoms with Crippen LogP contribution in [0, 0.1) is 11.8 Å². The van der Waals surface area contributed by atoms with Crippen LogP contribution in [0.25, 0.3) is 0 Å². The van der Waals surface area contributed by atoms with Crippen molar-refractivity contribution in [3.8, 4) is 0 Å². The number of nitrogens with zero attached hydrogens (tertiary/aromatic N) is 1. The SMILES string of the molecule is CC(C)CCN1C(=O)c2ccc(C(=O)OCC(=O)N[C@@H](C)C3CC3)cc2C1=O. The van der Waals surface area contributed by atoms with Gasteiger partial charge < -0.3 is 10.1 Å². The minimum absolute atomic E-state index is 0.0756. The molecule has 1 aromatic carbocycles. The summed E-state index contributed by atoms with van der Waals surface area (Å²) < 4.78 is 5.06. The standard InChI is InChI=1S/C21H26N2O5/c1-12(2)8-9-23-19(25)16-7-6-15(10-17(16)20(23)26)21(27)28-11-18(24)22-13(3)14-4-5-14/h6-7,10,12-14H,4-5,8-9,11H2,1-3H3,(H,22,24)/t13-/m0/s1. The van der Waals surface area contributed by atoms with E-state index < -0.39 is 11.9 Å². The van der Waals surface area contributed by atoms with Gasteiger partial charge in [0.25, 0.3) is 17.7 Å². The molecule has 28 heavy (non-hydrogen) atoms. The van der Waals surface area contributed by atoms with Gasteiger partial charge in [-0.2, -0.15) is 0 Å². The van der Waals surface area contributed by atoms with Gasteiger partial charge in [-0.3, -0.25) is 19.3 Å². The fraction of sp³-hybridized carbons (Fsp3) is 0.524. The summed E-state index contributed by atoms with van der Waals surface area (Å²) in [5, 5.41) is 2.81. The summed E-state index contributed by atoms with van der Waals surface area (Å²) in [6, 6.07) is 4.37. The highest BCUT2D eigenvalue weighted by Crippen LogP contribution is 2.32. The summed E-state index contributed by atoms with van der Waals surface area (Å²) in [6.45, 7) is 5.96. The Morgan fingerprint density at radius 3 is 2.46 bits per heavy atom. The molecule has 1 fully saturated rings. The van der Waals surface area contributed by atoms with Crippen LogP contribution in [0.15, 0.2) is 18.2 Å². The molecule has 1 heterocycles. The molecule has 7 heteroatoms. The third-order valence-corrected chi connectivity index (χ3v) is 5.19. The lowest BCUT2D eigenvalue weighted by molar-refractivity contribution is -0.125. The van der Waals surface area contributed by atoms with Crippen LogP contribution in [0.3, 0.4) is 0 Å². The second-order valence-corrected chi connectivity index (χ2v) is 7.97. The fourth-order valence-electron chi connectivity index (χ4n) is 3.23. The number of ether oxygens (including phenoxy) is 1. The topological polar surface area (TPSA) is 92.8 Å². The van der Waals surface area contributed by atoms with Crippen LogP contribution in [0.2, 0.25) is 0 Å². The number of carbonyl (C=O) groups is 4. The summed E-state index contributed by atoms with van der Waals surface area (Å²) in [5.41, 5.74) is 0.643. The molecule has 2 aliphatic rings. The van der Waals surface area contributed by atoms with E-state index in [2.05, 4.69) is 5.32 Å². The molecule has 7 nitrogen and oxygen atoms in total. The van der Waals surface area contributed by atoms with Gasteiger partial charge in [0.05, 0.1) is 16.7 Å². The number of amides is 3. The van der Waals surface area contributed by atoms with Crippen LogP contribution in [0.5, 0.6) is 0 Å². The zero-order valence-electron chi connectivity index (χ0n) is 16.5. The second kappa shape index (κ2) is 8.12. The Balaban J connectivity index is 1.60. The minimum Gasteiger partial charge on any atom is -0.452 e. The van der Waals surface area contributed by atoms with E-state index in [-0.39, 0.29) is 35.6 Å². The quantitative estimate of drug-likeness (QED) is 0.547. The molecule has 1 aliphatic carbocycles. The largest absolute Gasteiger partial charge is 0.452 e. The molecule has 0 radical (unpaired) electrons. The average Bonchev–Trinajstić information content (AvgIpc) is 3.47. The summed E-state index contributed by atoms with van der Waals surface area (Å²) in [4.78, 5) is 50.3. The Morgan fingerprint density at radius 1 is 1.14 bits per heavy atom. The van der Waals surface area contributed by atoms with Gasteiger partial charge >= 0.3 is 5.97 Å². The average molecular weight is 386 g/mol. The Labute approximate surface area is 164 Å². The first-order valence-electron chi connectivity index (χ1n) is 9.74. The molecule has 1 aromatic rings. The first kappa shape index (κ1) is 20.0. The van der Waals surface area contributed by atoms with Crippen LogP contribution in [-0.2, 0) is 9.53 Å². The Morgan fingerprint density at radius 2 is 1.82 bits per heavy atom. The summed E-state index contributed by atoms with van der Waals surface area (Å²) in [7, 11) is 0. The van der Waals surface area contributed by atoms with Crippen LogP contribution in [0.4, 0.5) is 0 Å². The second-order valence-electron chi connectivity index (χ2n) is 7.97. The molecule has 3 amide bonds. The van der Waals surface area contributed by atoms with Gasteiger partial charge in [-0.25, -0.2) is 4.79 Å². The molecular formula is C21H26N2O5. The number of rotatable bonds is 8. The predicted molar refractivity (Wildman–Crippen MR) is 102 cm³/mol. The number of hydrogen-bond acceptors (Lipinski definition) is 5. The Kier molecular flexibility index (Phi) is 5.82. The van der Waals surface area contributed by atoms with Gasteiger partial charge in [0, 0.05) is 12.6 Å². The molecule has 1 N–H and O–H groups in total. The van der Waals surface area contributed by atoms with E-state index in [4.69, 9.17) is 4.74 Å². The molecule has 0 aromatic heterocycles. The van der Waals surface area contributed by atoms with Crippen LogP contribution < -0.4 is 5.32 Å². The van der Waals surface area contributed by atoms with E-state index in [0.29, 0.717) is 23.9 Å². The van der Waals surface area contributed by atoms with E-state index in [1.165, 1.54) is 23.1 Å².